The number of fused-ring (bicyclic) bond motifs is 1. The molecular weight excluding hydrogens is 386 g/mol. The third kappa shape index (κ3) is 4.94. The summed E-state index contributed by atoms with van der Waals surface area (Å²) in [6.45, 7) is 4.11. The van der Waals surface area contributed by atoms with Crippen LogP contribution in [0.4, 0.5) is 5.82 Å². The Hall–Kier alpha value is -3.32. The Morgan fingerprint density at radius 3 is 2.62 bits per heavy atom. The second-order valence-electron chi connectivity index (χ2n) is 7.06. The first-order chi connectivity index (χ1) is 13.8. The van der Waals surface area contributed by atoms with Crippen molar-refractivity contribution in [2.24, 2.45) is 5.73 Å². The zero-order chi connectivity index (χ0) is 21.0. The van der Waals surface area contributed by atoms with Gasteiger partial charge in [0.2, 0.25) is 0 Å². The van der Waals surface area contributed by atoms with Gasteiger partial charge in [-0.1, -0.05) is 29.7 Å². The van der Waals surface area contributed by atoms with Gasteiger partial charge in [-0.05, 0) is 49.6 Å². The quantitative estimate of drug-likeness (QED) is 0.639. The Labute approximate surface area is 174 Å². The maximum Gasteiger partial charge on any atom is 0.156 e. The maximum atomic E-state index is 9.28. The lowest BCUT2D eigenvalue weighted by atomic mass is 10.1. The van der Waals surface area contributed by atoms with E-state index in [0.29, 0.717) is 34.4 Å². The predicted molar refractivity (Wildman–Crippen MR) is 115 cm³/mol. The van der Waals surface area contributed by atoms with Crippen LogP contribution < -0.4 is 15.8 Å². The van der Waals surface area contributed by atoms with Crippen molar-refractivity contribution in [2.45, 2.75) is 25.9 Å². The molecule has 146 valence electrons. The number of hydrogen-bond acceptors (Lipinski definition) is 6. The maximum absolute atomic E-state index is 9.28. The van der Waals surface area contributed by atoms with E-state index >= 15 is 0 Å². The molecule has 0 unspecified atom stereocenters. The van der Waals surface area contributed by atoms with Gasteiger partial charge < -0.3 is 15.8 Å². The van der Waals surface area contributed by atoms with Crippen molar-refractivity contribution in [2.75, 3.05) is 12.4 Å². The van der Waals surface area contributed by atoms with Gasteiger partial charge in [0.1, 0.15) is 11.4 Å². The number of nitriles is 1. The van der Waals surface area contributed by atoms with Crippen LogP contribution in [0.5, 0.6) is 5.75 Å². The van der Waals surface area contributed by atoms with Crippen molar-refractivity contribution in [1.82, 2.24) is 10.2 Å². The standard InChI is InChI=1S/C22H20ClN5O/c1-22(2,25)9-8-19-16-6-4-14(12-24)10-17(16)21(28-27-19)26-13-15-5-7-20(29-3)18(23)11-15/h4-7,10-11H,13,25H2,1-3H3,(H,26,28). The molecule has 0 bridgehead atoms. The van der Waals surface area contributed by atoms with Crippen LogP contribution in [0, 0.1) is 23.2 Å². The highest BCUT2D eigenvalue weighted by Crippen LogP contribution is 2.27. The van der Waals surface area contributed by atoms with Crippen LogP contribution in [-0.4, -0.2) is 22.8 Å². The van der Waals surface area contributed by atoms with E-state index in [-0.39, 0.29) is 0 Å². The highest BCUT2D eigenvalue weighted by molar-refractivity contribution is 6.32. The number of methoxy groups -OCH3 is 1. The molecule has 0 amide bonds. The van der Waals surface area contributed by atoms with E-state index in [1.807, 2.05) is 38.1 Å². The number of hydrogen-bond donors (Lipinski definition) is 2. The summed E-state index contributed by atoms with van der Waals surface area (Å²) in [7, 11) is 1.57. The molecule has 0 aliphatic carbocycles. The van der Waals surface area contributed by atoms with E-state index in [2.05, 4.69) is 33.4 Å². The average molecular weight is 406 g/mol. The molecule has 0 spiro atoms. The lowest BCUT2D eigenvalue weighted by molar-refractivity contribution is 0.415. The van der Waals surface area contributed by atoms with Crippen molar-refractivity contribution >= 4 is 28.2 Å². The first-order valence-electron chi connectivity index (χ1n) is 8.89. The summed E-state index contributed by atoms with van der Waals surface area (Å²) in [6.07, 6.45) is 0. The van der Waals surface area contributed by atoms with Crippen LogP contribution >= 0.6 is 11.6 Å². The largest absolute Gasteiger partial charge is 0.495 e. The first-order valence-corrected chi connectivity index (χ1v) is 9.27. The number of anilines is 1. The molecule has 1 heterocycles. The van der Waals surface area contributed by atoms with Crippen LogP contribution in [0.3, 0.4) is 0 Å². The second-order valence-corrected chi connectivity index (χ2v) is 7.47. The predicted octanol–water partition coefficient (Wildman–Crippen LogP) is 3.86. The van der Waals surface area contributed by atoms with Gasteiger partial charge in [0, 0.05) is 17.3 Å². The number of nitrogens with two attached hydrogens (primary N) is 1. The average Bonchev–Trinajstić information content (AvgIpc) is 2.70. The molecule has 3 rings (SSSR count). The molecule has 0 fully saturated rings. The summed E-state index contributed by atoms with van der Waals surface area (Å²) in [5.41, 5.74) is 7.30. The van der Waals surface area contributed by atoms with E-state index in [0.717, 1.165) is 16.3 Å². The van der Waals surface area contributed by atoms with Crippen molar-refractivity contribution in [3.05, 3.63) is 58.2 Å². The number of nitrogens with zero attached hydrogens (tertiary/aromatic N) is 3. The monoisotopic (exact) mass is 405 g/mol. The number of rotatable bonds is 4. The molecule has 3 N–H and O–H groups in total. The van der Waals surface area contributed by atoms with Gasteiger partial charge in [-0.2, -0.15) is 5.26 Å². The second kappa shape index (κ2) is 8.36. The summed E-state index contributed by atoms with van der Waals surface area (Å²) >= 11 is 6.20. The van der Waals surface area contributed by atoms with E-state index in [9.17, 15) is 5.26 Å². The number of benzene rings is 2. The van der Waals surface area contributed by atoms with Gasteiger partial charge in [0.25, 0.3) is 0 Å². The summed E-state index contributed by atoms with van der Waals surface area (Å²) < 4.78 is 5.18. The Bertz CT molecular complexity index is 1170. The van der Waals surface area contributed by atoms with Gasteiger partial charge in [0.15, 0.2) is 5.82 Å². The highest BCUT2D eigenvalue weighted by Gasteiger charge is 2.11. The third-order valence-electron chi connectivity index (χ3n) is 4.09. The van der Waals surface area contributed by atoms with Crippen molar-refractivity contribution in [3.8, 4) is 23.7 Å². The van der Waals surface area contributed by atoms with Crippen LogP contribution in [0.2, 0.25) is 5.02 Å². The van der Waals surface area contributed by atoms with Crippen molar-refractivity contribution in [1.29, 1.82) is 5.26 Å². The molecule has 0 saturated carbocycles. The Balaban J connectivity index is 1.98. The fourth-order valence-electron chi connectivity index (χ4n) is 2.67. The van der Waals surface area contributed by atoms with E-state index in [1.165, 1.54) is 0 Å². The molecule has 7 heteroatoms. The number of aromatic nitrogens is 2. The van der Waals surface area contributed by atoms with E-state index in [1.54, 1.807) is 19.2 Å². The highest BCUT2D eigenvalue weighted by atomic mass is 35.5. The van der Waals surface area contributed by atoms with Crippen molar-refractivity contribution < 1.29 is 4.74 Å². The Kier molecular flexibility index (Phi) is 5.89. The van der Waals surface area contributed by atoms with Gasteiger partial charge in [-0.15, -0.1) is 10.2 Å². The van der Waals surface area contributed by atoms with Crippen LogP contribution in [-0.2, 0) is 6.54 Å². The van der Waals surface area contributed by atoms with Gasteiger partial charge >= 0.3 is 0 Å². The summed E-state index contributed by atoms with van der Waals surface area (Å²) in [6, 6.07) is 13.0. The number of halogens is 1. The van der Waals surface area contributed by atoms with Gasteiger partial charge in [-0.25, -0.2) is 0 Å². The van der Waals surface area contributed by atoms with Crippen LogP contribution in [0.1, 0.15) is 30.7 Å². The number of ether oxygens (including phenoxy) is 1. The molecule has 3 aromatic rings. The minimum Gasteiger partial charge on any atom is -0.495 e. The molecular formula is C22H20ClN5O. The lowest BCUT2D eigenvalue weighted by Gasteiger charge is -2.11. The zero-order valence-electron chi connectivity index (χ0n) is 16.4. The van der Waals surface area contributed by atoms with Gasteiger partial charge in [-0.3, -0.25) is 0 Å². The number of nitrogens with one attached hydrogen (secondary N) is 1. The molecule has 6 nitrogen and oxygen atoms in total. The minimum atomic E-state index is -0.648. The molecule has 0 aliphatic heterocycles. The van der Waals surface area contributed by atoms with Gasteiger partial charge in [0.05, 0.1) is 29.3 Å². The molecule has 29 heavy (non-hydrogen) atoms. The molecule has 1 aromatic heterocycles. The molecule has 0 saturated heterocycles. The van der Waals surface area contributed by atoms with E-state index in [4.69, 9.17) is 22.1 Å². The third-order valence-corrected chi connectivity index (χ3v) is 4.38. The summed E-state index contributed by atoms with van der Waals surface area (Å²) in [5, 5.41) is 23.2. The van der Waals surface area contributed by atoms with Crippen LogP contribution in [0.15, 0.2) is 36.4 Å². The SMILES string of the molecule is COc1ccc(CNc2nnc(C#CC(C)(C)N)c3ccc(C#N)cc23)cc1Cl. The smallest absolute Gasteiger partial charge is 0.156 e. The molecule has 0 aliphatic rings. The first kappa shape index (κ1) is 20.4. The fourth-order valence-corrected chi connectivity index (χ4v) is 2.95. The molecule has 0 radical (unpaired) electrons. The Morgan fingerprint density at radius 1 is 1.17 bits per heavy atom. The summed E-state index contributed by atoms with van der Waals surface area (Å²) in [4.78, 5) is 0. The van der Waals surface area contributed by atoms with Crippen LogP contribution in [0.25, 0.3) is 10.8 Å². The Morgan fingerprint density at radius 2 is 1.97 bits per heavy atom. The summed E-state index contributed by atoms with van der Waals surface area (Å²) in [5.74, 6) is 7.14. The molecule has 0 atom stereocenters. The fraction of sp³-hybridized carbons (Fsp3) is 0.227. The van der Waals surface area contributed by atoms with E-state index < -0.39 is 5.54 Å². The normalized spacial score (nSPS) is 10.8. The zero-order valence-corrected chi connectivity index (χ0v) is 17.1. The van der Waals surface area contributed by atoms with Crippen molar-refractivity contribution in [3.63, 3.8) is 0 Å². The minimum absolute atomic E-state index is 0.477. The lowest BCUT2D eigenvalue weighted by Crippen LogP contribution is -2.29. The topological polar surface area (TPSA) is 96.8 Å². The molecule has 2 aromatic carbocycles.